The van der Waals surface area contributed by atoms with Gasteiger partial charge in [0.1, 0.15) is 6.33 Å². The maximum Gasteiger partial charge on any atom is 0.377 e. The fraction of sp³-hybridized carbons (Fsp3) is 0.167. The number of nitrogens with one attached hydrogen (secondary N) is 4. The van der Waals surface area contributed by atoms with E-state index in [1.807, 2.05) is 30.3 Å². The molecule has 0 spiro atoms. The number of aromatic amines is 1. The minimum absolute atomic E-state index is 0.0443. The number of ether oxygens (including phenoxy) is 1. The van der Waals surface area contributed by atoms with Gasteiger partial charge in [-0.2, -0.15) is 10.1 Å². The predicted molar refractivity (Wildman–Crippen MR) is 77.3 cm³/mol. The lowest BCUT2D eigenvalue weighted by Gasteiger charge is -2.09. The number of carbonyl (C=O) groups excluding carboxylic acids is 1. The Kier molecular flexibility index (Phi) is 5.10. The number of benzene rings is 1. The second-order valence-electron chi connectivity index (χ2n) is 3.74. The van der Waals surface area contributed by atoms with Crippen molar-refractivity contribution in [2.45, 2.75) is 6.92 Å². The van der Waals surface area contributed by atoms with Crippen molar-refractivity contribution in [1.29, 1.82) is 0 Å². The first-order chi connectivity index (χ1) is 10.3. The molecule has 1 heterocycles. The summed E-state index contributed by atoms with van der Waals surface area (Å²) < 4.78 is 4.90. The Balaban J connectivity index is 2.02. The molecule has 1 aromatic carbocycles. The van der Waals surface area contributed by atoms with Gasteiger partial charge in [0.25, 0.3) is 5.84 Å². The molecule has 2 aromatic rings. The van der Waals surface area contributed by atoms with Gasteiger partial charge in [-0.25, -0.2) is 9.89 Å². The van der Waals surface area contributed by atoms with Crippen LogP contribution in [0.15, 0.2) is 41.8 Å². The first kappa shape index (κ1) is 14.3. The molecule has 0 bridgehead atoms. The predicted octanol–water partition coefficient (Wildman–Crippen LogP) is 0.710. The van der Waals surface area contributed by atoms with Crippen molar-refractivity contribution in [1.82, 2.24) is 20.6 Å². The number of hydrogen-bond donors (Lipinski definition) is 4. The van der Waals surface area contributed by atoms with Crippen LogP contribution in [-0.2, 0) is 9.53 Å². The molecular formula is C12H15N7O2. The minimum atomic E-state index is -0.604. The van der Waals surface area contributed by atoms with Crippen LogP contribution in [0.1, 0.15) is 6.92 Å². The van der Waals surface area contributed by atoms with Crippen LogP contribution < -0.4 is 16.3 Å². The molecular weight excluding hydrogens is 274 g/mol. The summed E-state index contributed by atoms with van der Waals surface area (Å²) in [6, 6.07) is 9.21. The van der Waals surface area contributed by atoms with Crippen LogP contribution in [0.25, 0.3) is 0 Å². The molecule has 0 amide bonds. The highest BCUT2D eigenvalue weighted by Gasteiger charge is 2.13. The number of hydrogen-bond acceptors (Lipinski definition) is 7. The number of aromatic nitrogens is 3. The number of anilines is 2. The van der Waals surface area contributed by atoms with Gasteiger partial charge < -0.3 is 4.74 Å². The van der Waals surface area contributed by atoms with E-state index in [-0.39, 0.29) is 12.4 Å². The van der Waals surface area contributed by atoms with E-state index < -0.39 is 5.97 Å². The zero-order valence-corrected chi connectivity index (χ0v) is 11.3. The molecule has 0 aliphatic heterocycles. The Morgan fingerprint density at radius 2 is 2.19 bits per heavy atom. The van der Waals surface area contributed by atoms with E-state index in [0.717, 1.165) is 5.69 Å². The molecule has 110 valence electrons. The molecule has 0 radical (unpaired) electrons. The molecule has 0 unspecified atom stereocenters. The fourth-order valence-corrected chi connectivity index (χ4v) is 1.34. The quantitative estimate of drug-likeness (QED) is 0.277. The van der Waals surface area contributed by atoms with Gasteiger partial charge >= 0.3 is 5.97 Å². The molecule has 0 aliphatic carbocycles. The molecule has 0 saturated heterocycles. The Morgan fingerprint density at radius 1 is 1.38 bits per heavy atom. The fourth-order valence-electron chi connectivity index (χ4n) is 1.34. The van der Waals surface area contributed by atoms with Crippen molar-refractivity contribution in [2.75, 3.05) is 17.5 Å². The Morgan fingerprint density at radius 3 is 2.86 bits per heavy atom. The first-order valence-corrected chi connectivity index (χ1v) is 6.23. The third-order valence-electron chi connectivity index (χ3n) is 2.25. The third-order valence-corrected chi connectivity index (χ3v) is 2.25. The van der Waals surface area contributed by atoms with Crippen LogP contribution in [0, 0.1) is 0 Å². The number of hydrazone groups is 1. The van der Waals surface area contributed by atoms with Crippen LogP contribution in [0.3, 0.4) is 0 Å². The monoisotopic (exact) mass is 289 g/mol. The summed E-state index contributed by atoms with van der Waals surface area (Å²) in [4.78, 5) is 15.6. The van der Waals surface area contributed by atoms with E-state index in [0.29, 0.717) is 5.95 Å². The number of H-pyrrole nitrogens is 1. The van der Waals surface area contributed by atoms with Crippen LogP contribution in [0.2, 0.25) is 0 Å². The summed E-state index contributed by atoms with van der Waals surface area (Å²) in [7, 11) is 0. The average Bonchev–Trinajstić information content (AvgIpc) is 3.02. The number of hydrazine groups is 1. The molecule has 1 aromatic heterocycles. The van der Waals surface area contributed by atoms with Crippen LogP contribution in [0.5, 0.6) is 0 Å². The number of rotatable bonds is 5. The van der Waals surface area contributed by atoms with Crippen molar-refractivity contribution in [2.24, 2.45) is 5.10 Å². The standard InChI is InChI=1S/C12H15N7O2/c1-2-21-11(20)10(17-19-12-13-8-14-18-12)16-15-9-6-4-3-5-7-9/h3-8,15H,2H2,1H3,(H,16,17)(H2,13,14,18,19). The summed E-state index contributed by atoms with van der Waals surface area (Å²) in [6.07, 6.45) is 1.33. The van der Waals surface area contributed by atoms with E-state index in [1.165, 1.54) is 6.33 Å². The molecule has 21 heavy (non-hydrogen) atoms. The molecule has 4 N–H and O–H groups in total. The zero-order chi connectivity index (χ0) is 14.9. The zero-order valence-electron chi connectivity index (χ0n) is 11.3. The number of carbonyl (C=O) groups is 1. The lowest BCUT2D eigenvalue weighted by atomic mass is 10.3. The normalized spacial score (nSPS) is 10.8. The van der Waals surface area contributed by atoms with Gasteiger partial charge in [-0.1, -0.05) is 18.2 Å². The van der Waals surface area contributed by atoms with Gasteiger partial charge in [0.05, 0.1) is 12.3 Å². The molecule has 0 atom stereocenters. The number of nitrogens with zero attached hydrogens (tertiary/aromatic N) is 3. The molecule has 0 aliphatic rings. The second-order valence-corrected chi connectivity index (χ2v) is 3.74. The van der Waals surface area contributed by atoms with Crippen molar-refractivity contribution in [3.8, 4) is 0 Å². The molecule has 2 rings (SSSR count). The summed E-state index contributed by atoms with van der Waals surface area (Å²) in [5.41, 5.74) is 8.75. The van der Waals surface area contributed by atoms with Crippen LogP contribution >= 0.6 is 0 Å². The Labute approximate surface area is 120 Å². The van der Waals surface area contributed by atoms with E-state index >= 15 is 0 Å². The molecule has 9 nitrogen and oxygen atoms in total. The number of para-hydroxylation sites is 1. The SMILES string of the molecule is CCOC(=O)/C(=N/Nc1ccccc1)NNc1ncn[nH]1. The van der Waals surface area contributed by atoms with Gasteiger partial charge in [0, 0.05) is 0 Å². The Hall–Kier alpha value is -3.10. The Bertz CT molecular complexity index is 583. The highest BCUT2D eigenvalue weighted by molar-refractivity contribution is 6.35. The molecule has 0 saturated carbocycles. The highest BCUT2D eigenvalue weighted by atomic mass is 16.5. The lowest BCUT2D eigenvalue weighted by Crippen LogP contribution is -2.38. The summed E-state index contributed by atoms with van der Waals surface area (Å²) >= 11 is 0. The largest absolute Gasteiger partial charge is 0.460 e. The molecule has 9 heteroatoms. The number of amidine groups is 1. The summed E-state index contributed by atoms with van der Waals surface area (Å²) in [6.45, 7) is 1.96. The van der Waals surface area contributed by atoms with Gasteiger partial charge in [0.15, 0.2) is 0 Å². The van der Waals surface area contributed by atoms with Crippen molar-refractivity contribution in [3.05, 3.63) is 36.7 Å². The topological polar surface area (TPSA) is 116 Å². The lowest BCUT2D eigenvalue weighted by molar-refractivity contribution is -0.135. The van der Waals surface area contributed by atoms with E-state index in [9.17, 15) is 4.79 Å². The third kappa shape index (κ3) is 4.49. The summed E-state index contributed by atoms with van der Waals surface area (Å²) in [5, 5.41) is 10.2. The highest BCUT2D eigenvalue weighted by Crippen LogP contribution is 2.04. The first-order valence-electron chi connectivity index (χ1n) is 6.23. The second kappa shape index (κ2) is 7.48. The maximum absolute atomic E-state index is 11.8. The number of esters is 1. The molecule has 0 fully saturated rings. The van der Waals surface area contributed by atoms with Crippen molar-refractivity contribution >= 4 is 23.4 Å². The van der Waals surface area contributed by atoms with Gasteiger partial charge in [-0.15, -0.1) is 5.10 Å². The smallest absolute Gasteiger partial charge is 0.377 e. The van der Waals surface area contributed by atoms with E-state index in [2.05, 4.69) is 36.6 Å². The average molecular weight is 289 g/mol. The van der Waals surface area contributed by atoms with Crippen molar-refractivity contribution in [3.63, 3.8) is 0 Å². The minimum Gasteiger partial charge on any atom is -0.460 e. The van der Waals surface area contributed by atoms with E-state index in [1.54, 1.807) is 6.92 Å². The van der Waals surface area contributed by atoms with E-state index in [4.69, 9.17) is 4.74 Å². The van der Waals surface area contributed by atoms with Crippen LogP contribution in [0.4, 0.5) is 11.6 Å². The van der Waals surface area contributed by atoms with Gasteiger partial charge in [0.2, 0.25) is 5.95 Å². The van der Waals surface area contributed by atoms with Gasteiger partial charge in [-0.3, -0.25) is 16.3 Å². The summed E-state index contributed by atoms with van der Waals surface area (Å²) in [5.74, 6) is -0.309. The van der Waals surface area contributed by atoms with Crippen molar-refractivity contribution < 1.29 is 9.53 Å². The van der Waals surface area contributed by atoms with Crippen LogP contribution in [-0.4, -0.2) is 33.6 Å². The maximum atomic E-state index is 11.8. The van der Waals surface area contributed by atoms with Gasteiger partial charge in [-0.05, 0) is 19.1 Å².